The number of piperazine rings is 1. The standard InChI is InChI=1S/C16H26N2O.2ClH/c1-12(2)14-5-6-16(19-4)15(11-14)13(3)18-9-7-17-8-10-18;;/h5-6,11-13,17H,7-10H2,1-4H3;2*1H/t13-;;/m0../s1. The molecule has 21 heavy (non-hydrogen) atoms. The first-order chi connectivity index (χ1) is 9.13. The lowest BCUT2D eigenvalue weighted by molar-refractivity contribution is 0.182. The Labute approximate surface area is 141 Å². The highest BCUT2D eigenvalue weighted by atomic mass is 35.5. The summed E-state index contributed by atoms with van der Waals surface area (Å²) in [5.74, 6) is 1.57. The maximum atomic E-state index is 5.55. The molecule has 0 bridgehead atoms. The molecule has 2 rings (SSSR count). The molecular weight excluding hydrogens is 307 g/mol. The van der Waals surface area contributed by atoms with Gasteiger partial charge in [-0.15, -0.1) is 24.8 Å². The van der Waals surface area contributed by atoms with Crippen LogP contribution in [0.1, 0.15) is 43.9 Å². The van der Waals surface area contributed by atoms with Gasteiger partial charge in [0.05, 0.1) is 7.11 Å². The van der Waals surface area contributed by atoms with Crippen LogP contribution in [0.25, 0.3) is 0 Å². The average molecular weight is 335 g/mol. The van der Waals surface area contributed by atoms with Crippen molar-refractivity contribution in [2.75, 3.05) is 33.3 Å². The molecule has 1 N–H and O–H groups in total. The van der Waals surface area contributed by atoms with Crippen molar-refractivity contribution >= 4 is 24.8 Å². The summed E-state index contributed by atoms with van der Waals surface area (Å²) < 4.78 is 5.55. The summed E-state index contributed by atoms with van der Waals surface area (Å²) in [5, 5.41) is 3.41. The summed E-state index contributed by atoms with van der Waals surface area (Å²) in [7, 11) is 1.76. The Morgan fingerprint density at radius 2 is 1.71 bits per heavy atom. The van der Waals surface area contributed by atoms with E-state index in [1.165, 1.54) is 11.1 Å². The molecule has 1 heterocycles. The maximum absolute atomic E-state index is 5.55. The monoisotopic (exact) mass is 334 g/mol. The third-order valence-electron chi connectivity index (χ3n) is 4.07. The number of halogens is 2. The zero-order chi connectivity index (χ0) is 13.8. The summed E-state index contributed by atoms with van der Waals surface area (Å²) in [6.45, 7) is 11.1. The lowest BCUT2D eigenvalue weighted by atomic mass is 9.96. The third-order valence-corrected chi connectivity index (χ3v) is 4.07. The van der Waals surface area contributed by atoms with Crippen LogP contribution in [-0.2, 0) is 0 Å². The molecule has 0 aliphatic carbocycles. The van der Waals surface area contributed by atoms with Crippen LogP contribution in [0.3, 0.4) is 0 Å². The van der Waals surface area contributed by atoms with E-state index in [4.69, 9.17) is 4.74 Å². The van der Waals surface area contributed by atoms with Gasteiger partial charge in [-0.1, -0.05) is 26.0 Å². The molecule has 0 aromatic heterocycles. The number of hydrogen-bond donors (Lipinski definition) is 1. The molecule has 0 saturated carbocycles. The van der Waals surface area contributed by atoms with Gasteiger partial charge in [0.2, 0.25) is 0 Å². The van der Waals surface area contributed by atoms with Crippen molar-refractivity contribution in [2.45, 2.75) is 32.7 Å². The quantitative estimate of drug-likeness (QED) is 0.909. The van der Waals surface area contributed by atoms with Crippen molar-refractivity contribution in [1.29, 1.82) is 0 Å². The summed E-state index contributed by atoms with van der Waals surface area (Å²) >= 11 is 0. The predicted molar refractivity (Wildman–Crippen MR) is 94.4 cm³/mol. The average Bonchev–Trinajstić information content (AvgIpc) is 2.46. The topological polar surface area (TPSA) is 24.5 Å². The molecule has 1 atom stereocenters. The number of benzene rings is 1. The molecule has 1 fully saturated rings. The lowest BCUT2D eigenvalue weighted by Gasteiger charge is -2.34. The Hall–Kier alpha value is -0.480. The van der Waals surface area contributed by atoms with E-state index in [0.717, 1.165) is 31.9 Å². The lowest BCUT2D eigenvalue weighted by Crippen LogP contribution is -2.44. The molecule has 3 nitrogen and oxygen atoms in total. The molecule has 0 spiro atoms. The molecule has 0 unspecified atom stereocenters. The van der Waals surface area contributed by atoms with Gasteiger partial charge in [-0.3, -0.25) is 4.90 Å². The molecule has 1 aromatic carbocycles. The Kier molecular flexibility index (Phi) is 9.30. The molecule has 5 heteroatoms. The summed E-state index contributed by atoms with van der Waals surface area (Å²) in [5.41, 5.74) is 2.70. The van der Waals surface area contributed by atoms with Crippen molar-refractivity contribution in [3.8, 4) is 5.75 Å². The SMILES string of the molecule is COc1ccc(C(C)C)cc1[C@H](C)N1CCNCC1.Cl.Cl. The highest BCUT2D eigenvalue weighted by Gasteiger charge is 2.21. The van der Waals surface area contributed by atoms with Crippen LogP contribution >= 0.6 is 24.8 Å². The van der Waals surface area contributed by atoms with Crippen molar-refractivity contribution in [3.05, 3.63) is 29.3 Å². The zero-order valence-corrected chi connectivity index (χ0v) is 15.0. The van der Waals surface area contributed by atoms with Gasteiger partial charge < -0.3 is 10.1 Å². The van der Waals surface area contributed by atoms with Crippen molar-refractivity contribution in [1.82, 2.24) is 10.2 Å². The van der Waals surface area contributed by atoms with Gasteiger partial charge in [-0.05, 0) is 24.5 Å². The molecule has 0 amide bonds. The number of ether oxygens (including phenoxy) is 1. The summed E-state index contributed by atoms with van der Waals surface area (Å²) in [4.78, 5) is 2.53. The molecule has 1 saturated heterocycles. The normalized spacial score (nSPS) is 16.8. The number of methoxy groups -OCH3 is 1. The van der Waals surface area contributed by atoms with Gasteiger partial charge in [0, 0.05) is 37.8 Å². The minimum Gasteiger partial charge on any atom is -0.496 e. The first kappa shape index (κ1) is 20.5. The van der Waals surface area contributed by atoms with Crippen molar-refractivity contribution < 1.29 is 4.74 Å². The largest absolute Gasteiger partial charge is 0.496 e. The van der Waals surface area contributed by atoms with Gasteiger partial charge >= 0.3 is 0 Å². The summed E-state index contributed by atoms with van der Waals surface area (Å²) in [6, 6.07) is 7.02. The molecule has 1 aliphatic rings. The Balaban J connectivity index is 0.00000200. The van der Waals surface area contributed by atoms with E-state index in [1.54, 1.807) is 7.11 Å². The number of hydrogen-bond acceptors (Lipinski definition) is 3. The van der Waals surface area contributed by atoms with Gasteiger partial charge in [0.1, 0.15) is 5.75 Å². The number of nitrogens with zero attached hydrogens (tertiary/aromatic N) is 1. The van der Waals surface area contributed by atoms with E-state index in [-0.39, 0.29) is 24.8 Å². The fourth-order valence-corrected chi connectivity index (χ4v) is 2.70. The Morgan fingerprint density at radius 3 is 2.24 bits per heavy atom. The molecule has 0 radical (unpaired) electrons. The van der Waals surface area contributed by atoms with Crippen LogP contribution in [0.2, 0.25) is 0 Å². The van der Waals surface area contributed by atoms with E-state index < -0.39 is 0 Å². The first-order valence-corrected chi connectivity index (χ1v) is 7.26. The minimum atomic E-state index is 0. The number of nitrogens with one attached hydrogen (secondary N) is 1. The Bertz CT molecular complexity index is 421. The molecule has 122 valence electrons. The van der Waals surface area contributed by atoms with Gasteiger partial charge in [0.25, 0.3) is 0 Å². The van der Waals surface area contributed by atoms with E-state index in [0.29, 0.717) is 12.0 Å². The van der Waals surface area contributed by atoms with Crippen LogP contribution in [0.15, 0.2) is 18.2 Å². The fraction of sp³-hybridized carbons (Fsp3) is 0.625. The van der Waals surface area contributed by atoms with Crippen LogP contribution in [0.4, 0.5) is 0 Å². The highest BCUT2D eigenvalue weighted by Crippen LogP contribution is 2.32. The second-order valence-corrected chi connectivity index (χ2v) is 5.62. The van der Waals surface area contributed by atoms with Crippen LogP contribution in [0.5, 0.6) is 5.75 Å². The zero-order valence-electron chi connectivity index (χ0n) is 13.4. The van der Waals surface area contributed by atoms with Crippen molar-refractivity contribution in [3.63, 3.8) is 0 Å². The third kappa shape index (κ3) is 5.03. The van der Waals surface area contributed by atoms with Crippen LogP contribution in [0, 0.1) is 0 Å². The molecule has 1 aromatic rings. The van der Waals surface area contributed by atoms with Gasteiger partial charge in [-0.25, -0.2) is 0 Å². The second-order valence-electron chi connectivity index (χ2n) is 5.62. The van der Waals surface area contributed by atoms with Gasteiger partial charge in [-0.2, -0.15) is 0 Å². The van der Waals surface area contributed by atoms with E-state index in [9.17, 15) is 0 Å². The molecule has 1 aliphatic heterocycles. The minimum absolute atomic E-state index is 0. The number of rotatable bonds is 4. The molecular formula is C16H28Cl2N2O. The van der Waals surface area contributed by atoms with E-state index in [2.05, 4.69) is 49.2 Å². The first-order valence-electron chi connectivity index (χ1n) is 7.26. The smallest absolute Gasteiger partial charge is 0.123 e. The van der Waals surface area contributed by atoms with Crippen LogP contribution < -0.4 is 10.1 Å². The van der Waals surface area contributed by atoms with Crippen LogP contribution in [-0.4, -0.2) is 38.2 Å². The van der Waals surface area contributed by atoms with E-state index in [1.807, 2.05) is 0 Å². The Morgan fingerprint density at radius 1 is 1.10 bits per heavy atom. The van der Waals surface area contributed by atoms with Crippen molar-refractivity contribution in [2.24, 2.45) is 0 Å². The fourth-order valence-electron chi connectivity index (χ4n) is 2.70. The maximum Gasteiger partial charge on any atom is 0.123 e. The van der Waals surface area contributed by atoms with E-state index >= 15 is 0 Å². The second kappa shape index (κ2) is 9.52. The highest BCUT2D eigenvalue weighted by molar-refractivity contribution is 5.85. The summed E-state index contributed by atoms with van der Waals surface area (Å²) in [6.07, 6.45) is 0. The predicted octanol–water partition coefficient (Wildman–Crippen LogP) is 3.63. The van der Waals surface area contributed by atoms with Gasteiger partial charge in [0.15, 0.2) is 0 Å².